The van der Waals surface area contributed by atoms with Crippen LogP contribution in [0.25, 0.3) is 5.69 Å². The molecule has 4 rings (SSSR count). The van der Waals surface area contributed by atoms with Crippen LogP contribution in [0.4, 0.5) is 10.1 Å². The number of carbonyl (C=O) groups excluding carboxylic acids is 1. The van der Waals surface area contributed by atoms with E-state index in [9.17, 15) is 19.3 Å². The summed E-state index contributed by atoms with van der Waals surface area (Å²) in [5.41, 5.74) is 3.23. The van der Waals surface area contributed by atoms with Crippen LogP contribution in [-0.2, 0) is 12.3 Å². The standard InChI is InChI=1S/C24H20FN5O3S/c1-16-4-2-3-5-18(16)15-34-24-28-27-22(14-26-23(31)17-6-8-19(25)9-7-17)29(24)20-10-12-21(13-11-20)30(32)33/h2-13H,14-15H2,1H3,(H,26,31). The van der Waals surface area contributed by atoms with Crippen molar-refractivity contribution in [3.63, 3.8) is 0 Å². The number of carbonyl (C=O) groups is 1. The number of rotatable bonds is 8. The summed E-state index contributed by atoms with van der Waals surface area (Å²) < 4.78 is 14.9. The summed E-state index contributed by atoms with van der Waals surface area (Å²) in [4.78, 5) is 23.1. The van der Waals surface area contributed by atoms with Crippen LogP contribution in [0.15, 0.2) is 78.0 Å². The van der Waals surface area contributed by atoms with Crippen LogP contribution in [-0.4, -0.2) is 25.6 Å². The predicted octanol–water partition coefficient (Wildman–Crippen LogP) is 4.85. The molecule has 4 aromatic rings. The van der Waals surface area contributed by atoms with Gasteiger partial charge in [-0.05, 0) is 54.4 Å². The largest absolute Gasteiger partial charge is 0.345 e. The summed E-state index contributed by atoms with van der Waals surface area (Å²) >= 11 is 1.47. The van der Waals surface area contributed by atoms with E-state index in [1.807, 2.05) is 31.2 Å². The maximum absolute atomic E-state index is 13.1. The van der Waals surface area contributed by atoms with Crippen LogP contribution in [0.2, 0.25) is 0 Å². The van der Waals surface area contributed by atoms with E-state index in [1.165, 1.54) is 48.2 Å². The number of non-ortho nitro benzene ring substituents is 1. The summed E-state index contributed by atoms with van der Waals surface area (Å²) in [5, 5.41) is 23.0. The molecule has 3 aromatic carbocycles. The fourth-order valence-electron chi connectivity index (χ4n) is 3.27. The van der Waals surface area contributed by atoms with Gasteiger partial charge in [0.1, 0.15) is 5.82 Å². The van der Waals surface area contributed by atoms with Gasteiger partial charge in [0, 0.05) is 29.1 Å². The Balaban J connectivity index is 1.60. The molecule has 0 fully saturated rings. The zero-order valence-corrected chi connectivity index (χ0v) is 19.0. The first-order chi connectivity index (χ1) is 16.4. The lowest BCUT2D eigenvalue weighted by Crippen LogP contribution is -2.24. The molecule has 8 nitrogen and oxygen atoms in total. The summed E-state index contributed by atoms with van der Waals surface area (Å²) in [6.07, 6.45) is 0. The predicted molar refractivity (Wildman–Crippen MR) is 126 cm³/mol. The zero-order chi connectivity index (χ0) is 24.1. The second-order valence-electron chi connectivity index (χ2n) is 7.41. The Labute approximate surface area is 199 Å². The number of hydrogen-bond donors (Lipinski definition) is 1. The third-order valence-corrected chi connectivity index (χ3v) is 6.13. The van der Waals surface area contributed by atoms with Crippen molar-refractivity contribution < 1.29 is 14.1 Å². The molecule has 0 spiro atoms. The van der Waals surface area contributed by atoms with Gasteiger partial charge in [-0.3, -0.25) is 19.5 Å². The van der Waals surface area contributed by atoms with Crippen molar-refractivity contribution in [3.8, 4) is 5.69 Å². The molecule has 34 heavy (non-hydrogen) atoms. The summed E-state index contributed by atoms with van der Waals surface area (Å²) in [7, 11) is 0. The van der Waals surface area contributed by atoms with E-state index in [0.29, 0.717) is 28.0 Å². The maximum atomic E-state index is 13.1. The van der Waals surface area contributed by atoms with E-state index >= 15 is 0 Å². The Morgan fingerprint density at radius 1 is 1.06 bits per heavy atom. The molecule has 0 saturated heterocycles. The SMILES string of the molecule is Cc1ccccc1CSc1nnc(CNC(=O)c2ccc(F)cc2)n1-c1ccc([N+](=O)[O-])cc1. The van der Waals surface area contributed by atoms with Crippen LogP contribution in [0.1, 0.15) is 27.3 Å². The van der Waals surface area contributed by atoms with E-state index in [0.717, 1.165) is 11.1 Å². The zero-order valence-electron chi connectivity index (χ0n) is 18.1. The molecule has 1 heterocycles. The first-order valence-electron chi connectivity index (χ1n) is 10.3. The van der Waals surface area contributed by atoms with Gasteiger partial charge in [0.25, 0.3) is 11.6 Å². The van der Waals surface area contributed by atoms with E-state index in [2.05, 4.69) is 15.5 Å². The third kappa shape index (κ3) is 5.29. The lowest BCUT2D eigenvalue weighted by Gasteiger charge is -2.11. The van der Waals surface area contributed by atoms with Gasteiger partial charge in [0.15, 0.2) is 11.0 Å². The Morgan fingerprint density at radius 3 is 2.44 bits per heavy atom. The van der Waals surface area contributed by atoms with Crippen molar-refractivity contribution in [2.75, 3.05) is 0 Å². The first-order valence-corrected chi connectivity index (χ1v) is 11.3. The number of benzene rings is 3. The van der Waals surface area contributed by atoms with Crippen LogP contribution >= 0.6 is 11.8 Å². The number of halogens is 1. The van der Waals surface area contributed by atoms with Crippen LogP contribution in [0.3, 0.4) is 0 Å². The van der Waals surface area contributed by atoms with Gasteiger partial charge in [-0.2, -0.15) is 0 Å². The van der Waals surface area contributed by atoms with Gasteiger partial charge in [0.05, 0.1) is 11.5 Å². The summed E-state index contributed by atoms with van der Waals surface area (Å²) in [6.45, 7) is 2.10. The number of aryl methyl sites for hydroxylation is 1. The molecule has 1 aromatic heterocycles. The number of amides is 1. The number of thioether (sulfide) groups is 1. The minimum Gasteiger partial charge on any atom is -0.345 e. The molecule has 0 unspecified atom stereocenters. The topological polar surface area (TPSA) is 103 Å². The highest BCUT2D eigenvalue weighted by Gasteiger charge is 2.17. The van der Waals surface area contributed by atoms with Crippen LogP contribution < -0.4 is 5.32 Å². The molecule has 0 aliphatic rings. The van der Waals surface area contributed by atoms with Gasteiger partial charge in [-0.1, -0.05) is 36.0 Å². The highest BCUT2D eigenvalue weighted by Crippen LogP contribution is 2.27. The Kier molecular flexibility index (Phi) is 6.98. The molecular formula is C24H20FN5O3S. The fourth-order valence-corrected chi connectivity index (χ4v) is 4.31. The second-order valence-corrected chi connectivity index (χ2v) is 8.35. The molecule has 0 saturated carbocycles. The number of nitrogens with zero attached hydrogens (tertiary/aromatic N) is 4. The van der Waals surface area contributed by atoms with Gasteiger partial charge in [-0.15, -0.1) is 10.2 Å². The van der Waals surface area contributed by atoms with E-state index in [4.69, 9.17) is 0 Å². The average Bonchev–Trinajstić information content (AvgIpc) is 3.25. The van der Waals surface area contributed by atoms with Gasteiger partial charge in [-0.25, -0.2) is 4.39 Å². The summed E-state index contributed by atoms with van der Waals surface area (Å²) in [5.74, 6) is 0.299. The molecular weight excluding hydrogens is 457 g/mol. The molecule has 0 atom stereocenters. The third-order valence-electron chi connectivity index (χ3n) is 5.15. The van der Waals surface area contributed by atoms with Crippen molar-refractivity contribution in [1.82, 2.24) is 20.1 Å². The number of aromatic nitrogens is 3. The molecule has 10 heteroatoms. The molecule has 0 radical (unpaired) electrons. The van der Waals surface area contributed by atoms with Gasteiger partial charge >= 0.3 is 0 Å². The van der Waals surface area contributed by atoms with Gasteiger partial charge in [0.2, 0.25) is 0 Å². The lowest BCUT2D eigenvalue weighted by molar-refractivity contribution is -0.384. The number of nitro benzene ring substituents is 1. The van der Waals surface area contributed by atoms with Crippen LogP contribution in [0, 0.1) is 22.9 Å². The quantitative estimate of drug-likeness (QED) is 0.221. The smallest absolute Gasteiger partial charge is 0.269 e. The van der Waals surface area contributed by atoms with Gasteiger partial charge < -0.3 is 5.32 Å². The Hall–Kier alpha value is -4.05. The first kappa shape index (κ1) is 23.1. The Bertz CT molecular complexity index is 1320. The lowest BCUT2D eigenvalue weighted by atomic mass is 10.1. The Morgan fingerprint density at radius 2 is 1.76 bits per heavy atom. The summed E-state index contributed by atoms with van der Waals surface area (Å²) in [6, 6.07) is 19.3. The monoisotopic (exact) mass is 477 g/mol. The van der Waals surface area contributed by atoms with Crippen molar-refractivity contribution in [2.24, 2.45) is 0 Å². The minimum absolute atomic E-state index is 0.0305. The molecule has 1 amide bonds. The van der Waals surface area contributed by atoms with Crippen LogP contribution in [0.5, 0.6) is 0 Å². The van der Waals surface area contributed by atoms with Crippen molar-refractivity contribution in [2.45, 2.75) is 24.4 Å². The number of nitrogens with one attached hydrogen (secondary N) is 1. The number of hydrogen-bond acceptors (Lipinski definition) is 6. The highest BCUT2D eigenvalue weighted by atomic mass is 32.2. The molecule has 172 valence electrons. The second kappa shape index (κ2) is 10.3. The molecule has 0 bridgehead atoms. The average molecular weight is 478 g/mol. The van der Waals surface area contributed by atoms with E-state index < -0.39 is 10.7 Å². The fraction of sp³-hybridized carbons (Fsp3) is 0.125. The maximum Gasteiger partial charge on any atom is 0.269 e. The number of nitro groups is 1. The van der Waals surface area contributed by atoms with Crippen molar-refractivity contribution in [1.29, 1.82) is 0 Å². The van der Waals surface area contributed by atoms with E-state index in [1.54, 1.807) is 16.7 Å². The molecule has 0 aliphatic heterocycles. The van der Waals surface area contributed by atoms with E-state index in [-0.39, 0.29) is 18.1 Å². The van der Waals surface area contributed by atoms with Crippen molar-refractivity contribution in [3.05, 3.63) is 111 Å². The normalized spacial score (nSPS) is 10.8. The minimum atomic E-state index is -0.465. The molecule has 0 aliphatic carbocycles. The highest BCUT2D eigenvalue weighted by molar-refractivity contribution is 7.98. The molecule has 1 N–H and O–H groups in total. The van der Waals surface area contributed by atoms with Crippen molar-refractivity contribution >= 4 is 23.4 Å².